The predicted molar refractivity (Wildman–Crippen MR) is 95.1 cm³/mol. The fourth-order valence-corrected chi connectivity index (χ4v) is 3.64. The molecular formula is C16H14ClN3O5S. The number of nitrogens with zero attached hydrogens (tertiary/aromatic N) is 2. The van der Waals surface area contributed by atoms with E-state index >= 15 is 0 Å². The van der Waals surface area contributed by atoms with Gasteiger partial charge >= 0.3 is 0 Å². The Bertz CT molecular complexity index is 1020. The van der Waals surface area contributed by atoms with Crippen LogP contribution in [-0.4, -0.2) is 32.8 Å². The maximum absolute atomic E-state index is 12.7. The summed E-state index contributed by atoms with van der Waals surface area (Å²) in [7, 11) is -1.01. The summed E-state index contributed by atoms with van der Waals surface area (Å²) in [6, 6.07) is 8.92. The van der Waals surface area contributed by atoms with E-state index in [1.54, 1.807) is 18.2 Å². The zero-order valence-electron chi connectivity index (χ0n) is 13.8. The van der Waals surface area contributed by atoms with Crippen molar-refractivity contribution in [1.82, 2.24) is 10.1 Å². The van der Waals surface area contributed by atoms with Gasteiger partial charge in [0.1, 0.15) is 0 Å². The van der Waals surface area contributed by atoms with Gasteiger partial charge < -0.3 is 14.0 Å². The van der Waals surface area contributed by atoms with Crippen molar-refractivity contribution < 1.29 is 22.4 Å². The lowest BCUT2D eigenvalue weighted by Crippen LogP contribution is -2.14. The Balaban J connectivity index is 2.11. The molecule has 0 aliphatic heterocycles. The van der Waals surface area contributed by atoms with Crippen LogP contribution in [0, 0.1) is 0 Å². The number of halogens is 1. The highest BCUT2D eigenvalue weighted by molar-refractivity contribution is 7.92. The van der Waals surface area contributed by atoms with E-state index in [1.165, 1.54) is 38.7 Å². The van der Waals surface area contributed by atoms with Crippen LogP contribution in [0.15, 0.2) is 52.1 Å². The molecule has 1 aromatic heterocycles. The second kappa shape index (κ2) is 7.22. The van der Waals surface area contributed by atoms with Crippen LogP contribution in [0.3, 0.4) is 0 Å². The maximum Gasteiger partial charge on any atom is 0.261 e. The minimum atomic E-state index is -3.91. The summed E-state index contributed by atoms with van der Waals surface area (Å²) in [5.74, 6) is 0.834. The molecule has 0 spiro atoms. The molecule has 0 radical (unpaired) electrons. The fourth-order valence-electron chi connectivity index (χ4n) is 2.27. The van der Waals surface area contributed by atoms with E-state index in [2.05, 4.69) is 14.9 Å². The average molecular weight is 396 g/mol. The zero-order chi connectivity index (χ0) is 18.7. The number of sulfonamides is 1. The normalized spacial score (nSPS) is 11.2. The lowest BCUT2D eigenvalue weighted by Gasteiger charge is -2.15. The highest BCUT2D eigenvalue weighted by atomic mass is 35.5. The first-order valence-corrected chi connectivity index (χ1v) is 9.12. The molecule has 0 saturated carbocycles. The summed E-state index contributed by atoms with van der Waals surface area (Å²) >= 11 is 5.89. The molecule has 0 saturated heterocycles. The predicted octanol–water partition coefficient (Wildman–Crippen LogP) is 3.21. The summed E-state index contributed by atoms with van der Waals surface area (Å²) in [5, 5.41) is 3.85. The van der Waals surface area contributed by atoms with Gasteiger partial charge in [-0.1, -0.05) is 22.8 Å². The number of aromatic nitrogens is 2. The molecular weight excluding hydrogens is 382 g/mol. The molecule has 0 fully saturated rings. The molecule has 0 amide bonds. The van der Waals surface area contributed by atoms with E-state index in [4.69, 9.17) is 25.6 Å². The van der Waals surface area contributed by atoms with Gasteiger partial charge in [-0.2, -0.15) is 4.98 Å². The number of anilines is 1. The molecule has 1 heterocycles. The van der Waals surface area contributed by atoms with E-state index in [0.29, 0.717) is 22.1 Å². The van der Waals surface area contributed by atoms with E-state index in [1.807, 2.05) is 0 Å². The van der Waals surface area contributed by atoms with Gasteiger partial charge in [0.25, 0.3) is 15.9 Å². The highest BCUT2D eigenvalue weighted by Crippen LogP contribution is 2.39. The van der Waals surface area contributed by atoms with Crippen molar-refractivity contribution in [2.45, 2.75) is 4.90 Å². The minimum Gasteiger partial charge on any atom is -0.493 e. The van der Waals surface area contributed by atoms with Gasteiger partial charge in [-0.3, -0.25) is 4.72 Å². The van der Waals surface area contributed by atoms with Crippen LogP contribution in [0.25, 0.3) is 11.5 Å². The third kappa shape index (κ3) is 3.58. The Kier molecular flexibility index (Phi) is 5.01. The van der Waals surface area contributed by atoms with E-state index in [9.17, 15) is 8.42 Å². The van der Waals surface area contributed by atoms with Crippen LogP contribution in [-0.2, 0) is 10.0 Å². The lowest BCUT2D eigenvalue weighted by atomic mass is 10.1. The molecule has 8 nitrogen and oxygen atoms in total. The van der Waals surface area contributed by atoms with Gasteiger partial charge in [0.2, 0.25) is 0 Å². The molecule has 2 aromatic carbocycles. The minimum absolute atomic E-state index is 0.0104. The van der Waals surface area contributed by atoms with Crippen LogP contribution in [0.2, 0.25) is 5.02 Å². The number of hydrogen-bond donors (Lipinski definition) is 1. The number of ether oxygens (including phenoxy) is 2. The summed E-state index contributed by atoms with van der Waals surface area (Å²) < 4.78 is 43.5. The largest absolute Gasteiger partial charge is 0.493 e. The fraction of sp³-hybridized carbons (Fsp3) is 0.125. The first-order chi connectivity index (χ1) is 12.4. The third-order valence-electron chi connectivity index (χ3n) is 3.47. The van der Waals surface area contributed by atoms with Gasteiger partial charge in [-0.25, -0.2) is 8.42 Å². The number of nitrogens with one attached hydrogen (secondary N) is 1. The number of methoxy groups -OCH3 is 2. The van der Waals surface area contributed by atoms with Gasteiger partial charge in [0.05, 0.1) is 30.4 Å². The molecule has 0 aliphatic rings. The van der Waals surface area contributed by atoms with Crippen molar-refractivity contribution in [1.29, 1.82) is 0 Å². The first kappa shape index (κ1) is 18.0. The van der Waals surface area contributed by atoms with Gasteiger partial charge in [0.15, 0.2) is 17.8 Å². The van der Waals surface area contributed by atoms with Crippen molar-refractivity contribution in [3.63, 3.8) is 0 Å². The summed E-state index contributed by atoms with van der Waals surface area (Å²) in [6.07, 6.45) is 1.21. The maximum atomic E-state index is 12.7. The highest BCUT2D eigenvalue weighted by Gasteiger charge is 2.22. The standard InChI is InChI=1S/C16H14ClN3O5S/c1-23-14-7-12(16-18-9-19-25-16)13(8-15(14)24-2)20-26(21,22)11-5-3-4-10(17)6-11/h3-9,20H,1-2H3. The molecule has 1 N–H and O–H groups in total. The Morgan fingerprint density at radius 2 is 1.85 bits per heavy atom. The van der Waals surface area contributed by atoms with E-state index < -0.39 is 10.0 Å². The van der Waals surface area contributed by atoms with Crippen LogP contribution in [0.4, 0.5) is 5.69 Å². The number of benzene rings is 2. The molecule has 0 bridgehead atoms. The molecule has 136 valence electrons. The monoisotopic (exact) mass is 395 g/mol. The topological polar surface area (TPSA) is 104 Å². The molecule has 10 heteroatoms. The molecule has 0 aliphatic carbocycles. The average Bonchev–Trinajstić information content (AvgIpc) is 3.15. The lowest BCUT2D eigenvalue weighted by molar-refractivity contribution is 0.355. The SMILES string of the molecule is COc1cc(NS(=O)(=O)c2cccc(Cl)c2)c(-c2ncno2)cc1OC. The van der Waals surface area contributed by atoms with Crippen LogP contribution in [0.5, 0.6) is 11.5 Å². The Morgan fingerprint density at radius 3 is 2.46 bits per heavy atom. The quantitative estimate of drug-likeness (QED) is 0.683. The van der Waals surface area contributed by atoms with Gasteiger partial charge in [-0.05, 0) is 24.3 Å². The Morgan fingerprint density at radius 1 is 1.12 bits per heavy atom. The van der Waals surface area contributed by atoms with E-state index in [-0.39, 0.29) is 16.5 Å². The third-order valence-corrected chi connectivity index (χ3v) is 5.06. The Labute approximate surface area is 154 Å². The second-order valence-electron chi connectivity index (χ2n) is 5.06. The van der Waals surface area contributed by atoms with Gasteiger partial charge in [0, 0.05) is 11.1 Å². The molecule has 0 atom stereocenters. The van der Waals surface area contributed by atoms with E-state index in [0.717, 1.165) is 0 Å². The van der Waals surface area contributed by atoms with Crippen molar-refractivity contribution in [3.8, 4) is 23.0 Å². The van der Waals surface area contributed by atoms with Crippen LogP contribution in [0.1, 0.15) is 0 Å². The zero-order valence-corrected chi connectivity index (χ0v) is 15.3. The van der Waals surface area contributed by atoms with Crippen molar-refractivity contribution >= 4 is 27.3 Å². The molecule has 3 rings (SSSR count). The molecule has 3 aromatic rings. The summed E-state index contributed by atoms with van der Waals surface area (Å²) in [6.45, 7) is 0. The van der Waals surface area contributed by atoms with Crippen LogP contribution >= 0.6 is 11.6 Å². The first-order valence-electron chi connectivity index (χ1n) is 7.26. The Hall–Kier alpha value is -2.78. The molecule has 0 unspecified atom stereocenters. The van der Waals surface area contributed by atoms with Crippen molar-refractivity contribution in [2.24, 2.45) is 0 Å². The van der Waals surface area contributed by atoms with Gasteiger partial charge in [-0.15, -0.1) is 0 Å². The van der Waals surface area contributed by atoms with Crippen LogP contribution < -0.4 is 14.2 Å². The number of hydrogen-bond acceptors (Lipinski definition) is 7. The number of rotatable bonds is 6. The second-order valence-corrected chi connectivity index (χ2v) is 7.18. The van der Waals surface area contributed by atoms with Crippen molar-refractivity contribution in [3.05, 3.63) is 47.7 Å². The van der Waals surface area contributed by atoms with Crippen molar-refractivity contribution in [2.75, 3.05) is 18.9 Å². The smallest absolute Gasteiger partial charge is 0.261 e. The molecule has 26 heavy (non-hydrogen) atoms. The summed E-state index contributed by atoms with van der Waals surface area (Å²) in [5.41, 5.74) is 0.526. The summed E-state index contributed by atoms with van der Waals surface area (Å²) in [4.78, 5) is 3.98.